The Balaban J connectivity index is 1.51. The third kappa shape index (κ3) is 25.2. The number of rotatable bonds is 36. The standard InChI is InChI=1S/C57H88N4O24/c1-13-41(62)58-54(33-78-49(5,6)79-34-54)30-75-46(67)18-22-71-26-53(25-70-21-17-44(65)61-57(29-74-45(66)16-4)39-84-52(11,12)85-40-57,27-72-23-19-47(68)76-31-55(59-42(63)14-2)35-80-50(7,8)81-36-55)28-73-24-20-48(69)77-32-56(60-43(64)15-3)37-82-51(9,10)83-38-56/h13-16H,1-4,17-40H2,5-12H3,(H,58,62)(H,59,63)(H,60,64)(H,61,65). The van der Waals surface area contributed by atoms with E-state index in [4.69, 9.17) is 75.8 Å². The maximum Gasteiger partial charge on any atom is 0.330 e. The van der Waals surface area contributed by atoms with E-state index in [0.29, 0.717) is 0 Å². The van der Waals surface area contributed by atoms with Crippen molar-refractivity contribution >= 4 is 47.5 Å². The van der Waals surface area contributed by atoms with Crippen LogP contribution in [0, 0.1) is 5.41 Å². The van der Waals surface area contributed by atoms with Crippen molar-refractivity contribution in [2.45, 2.75) is 126 Å². The molecule has 0 atom stereocenters. The van der Waals surface area contributed by atoms with Crippen LogP contribution in [-0.2, 0) is 114 Å². The van der Waals surface area contributed by atoms with E-state index in [1.165, 1.54) is 0 Å². The third-order valence-electron chi connectivity index (χ3n) is 13.3. The number of nitrogens with one attached hydrogen (secondary N) is 4. The van der Waals surface area contributed by atoms with Gasteiger partial charge in [0, 0.05) is 12.5 Å². The molecule has 0 unspecified atom stereocenters. The minimum Gasteiger partial charge on any atom is -0.463 e. The Bertz CT molecular complexity index is 2110. The molecule has 4 N–H and O–H groups in total. The smallest absolute Gasteiger partial charge is 0.330 e. The second kappa shape index (κ2) is 32.3. The molecule has 0 radical (unpaired) electrons. The number of amides is 4. The molecule has 4 aliphatic heterocycles. The first-order chi connectivity index (χ1) is 39.9. The average Bonchev–Trinajstić information content (AvgIpc) is 2.91. The Morgan fingerprint density at radius 1 is 0.376 bits per heavy atom. The topological polar surface area (TPSA) is 332 Å². The summed E-state index contributed by atoms with van der Waals surface area (Å²) in [6.07, 6.45) is 3.10. The monoisotopic (exact) mass is 1210 g/mol. The number of hydrogen-bond donors (Lipinski definition) is 4. The van der Waals surface area contributed by atoms with Crippen molar-refractivity contribution in [2.24, 2.45) is 5.41 Å². The molecule has 4 aliphatic rings. The molecule has 0 spiro atoms. The molecule has 4 fully saturated rings. The summed E-state index contributed by atoms with van der Waals surface area (Å²) in [6.45, 7) is 24.1. The predicted molar refractivity (Wildman–Crippen MR) is 296 cm³/mol. The summed E-state index contributed by atoms with van der Waals surface area (Å²) >= 11 is 0. The van der Waals surface area contributed by atoms with Gasteiger partial charge in [-0.2, -0.15) is 0 Å². The van der Waals surface area contributed by atoms with Crippen molar-refractivity contribution in [1.29, 1.82) is 0 Å². The molecular formula is C57H88N4O24. The minimum absolute atomic E-state index is 0.0372. The molecular weight excluding hydrogens is 1120 g/mol. The molecule has 0 bridgehead atoms. The molecule has 28 nitrogen and oxygen atoms in total. The number of ether oxygens (including phenoxy) is 16. The lowest BCUT2D eigenvalue weighted by molar-refractivity contribution is -0.275. The van der Waals surface area contributed by atoms with Crippen LogP contribution in [0.25, 0.3) is 0 Å². The van der Waals surface area contributed by atoms with Gasteiger partial charge in [-0.1, -0.05) is 26.3 Å². The van der Waals surface area contributed by atoms with Gasteiger partial charge >= 0.3 is 23.9 Å². The Labute approximate surface area is 496 Å². The zero-order chi connectivity index (χ0) is 63.1. The summed E-state index contributed by atoms with van der Waals surface area (Å²) in [5, 5.41) is 11.1. The first-order valence-corrected chi connectivity index (χ1v) is 27.7. The number of carbonyl (C=O) groups is 8. The average molecular weight is 1210 g/mol. The van der Waals surface area contributed by atoms with Gasteiger partial charge in [0.05, 0.1) is 130 Å². The fraction of sp³-hybridized carbons (Fsp3) is 0.719. The predicted octanol–water partition coefficient (Wildman–Crippen LogP) is 1.07. The second-order valence-electron chi connectivity index (χ2n) is 23.2. The fourth-order valence-corrected chi connectivity index (χ4v) is 8.07. The molecule has 4 amide bonds. The number of esters is 4. The highest BCUT2D eigenvalue weighted by Crippen LogP contribution is 2.29. The van der Waals surface area contributed by atoms with Crippen LogP contribution in [0.2, 0.25) is 0 Å². The van der Waals surface area contributed by atoms with Gasteiger partial charge in [0.1, 0.15) is 48.6 Å². The van der Waals surface area contributed by atoms with E-state index in [9.17, 15) is 38.4 Å². The van der Waals surface area contributed by atoms with E-state index in [1.54, 1.807) is 55.4 Å². The van der Waals surface area contributed by atoms with E-state index < -0.39 is 98.2 Å². The van der Waals surface area contributed by atoms with Crippen LogP contribution in [0.3, 0.4) is 0 Å². The Hall–Kier alpha value is -5.76. The van der Waals surface area contributed by atoms with Gasteiger partial charge in [0.2, 0.25) is 23.6 Å². The second-order valence-corrected chi connectivity index (χ2v) is 23.2. The SMILES string of the molecule is C=CC(=O)NC1(COC(=O)CCOCC(COCCC(=O)NC2(COC(=O)C=C)COC(C)(C)OC2)(COCCC(=O)OCC2(NC(=O)C=C)COC(C)(C)OC2)COCCC(=O)OCC2(NC(=O)C=C)COC(C)(C)OC2)COC(C)(C)OC1. The fourth-order valence-electron chi connectivity index (χ4n) is 8.07. The molecule has 0 saturated carbocycles. The normalized spacial score (nSPS) is 20.3. The van der Waals surface area contributed by atoms with Crippen LogP contribution in [0.15, 0.2) is 50.6 Å². The van der Waals surface area contributed by atoms with E-state index >= 15 is 0 Å². The molecule has 4 heterocycles. The van der Waals surface area contributed by atoms with Crippen molar-refractivity contribution in [1.82, 2.24) is 21.3 Å². The van der Waals surface area contributed by atoms with Crippen LogP contribution in [0.4, 0.5) is 0 Å². The van der Waals surface area contributed by atoms with E-state index in [-0.39, 0.29) is 158 Å². The molecule has 4 saturated heterocycles. The molecule has 28 heteroatoms. The highest BCUT2D eigenvalue weighted by molar-refractivity contribution is 5.88. The van der Waals surface area contributed by atoms with Gasteiger partial charge in [-0.3, -0.25) is 33.6 Å². The van der Waals surface area contributed by atoms with Gasteiger partial charge < -0.3 is 97.1 Å². The van der Waals surface area contributed by atoms with Crippen LogP contribution >= 0.6 is 0 Å². The summed E-state index contributed by atoms with van der Waals surface area (Å²) < 4.78 is 92.8. The zero-order valence-corrected chi connectivity index (χ0v) is 50.4. The quantitative estimate of drug-likeness (QED) is 0.0295. The number of carbonyl (C=O) groups excluding carboxylic acids is 8. The lowest BCUT2D eigenvalue weighted by atomic mass is 9.92. The van der Waals surface area contributed by atoms with Gasteiger partial charge in [-0.05, 0) is 73.6 Å². The summed E-state index contributed by atoms with van der Waals surface area (Å²) in [5.74, 6) is -8.79. The summed E-state index contributed by atoms with van der Waals surface area (Å²) in [5.41, 5.74) is -6.23. The summed E-state index contributed by atoms with van der Waals surface area (Å²) in [6, 6.07) is 0. The summed E-state index contributed by atoms with van der Waals surface area (Å²) in [7, 11) is 0. The maximum absolute atomic E-state index is 13.6. The highest BCUT2D eigenvalue weighted by Gasteiger charge is 2.46. The van der Waals surface area contributed by atoms with Crippen molar-refractivity contribution in [3.63, 3.8) is 0 Å². The Morgan fingerprint density at radius 2 is 0.624 bits per heavy atom. The van der Waals surface area contributed by atoms with Gasteiger partial charge in [-0.15, -0.1) is 0 Å². The first-order valence-electron chi connectivity index (χ1n) is 27.7. The van der Waals surface area contributed by atoms with E-state index in [0.717, 1.165) is 24.3 Å². The van der Waals surface area contributed by atoms with Gasteiger partial charge in [-0.25, -0.2) is 4.79 Å². The van der Waals surface area contributed by atoms with Crippen molar-refractivity contribution < 1.29 is 114 Å². The molecule has 0 aromatic rings. The lowest BCUT2D eigenvalue weighted by Crippen LogP contribution is -2.63. The largest absolute Gasteiger partial charge is 0.463 e. The van der Waals surface area contributed by atoms with Crippen LogP contribution in [-0.4, -0.2) is 225 Å². The molecule has 0 aromatic heterocycles. The van der Waals surface area contributed by atoms with Gasteiger partial charge in [0.25, 0.3) is 0 Å². The van der Waals surface area contributed by atoms with E-state index in [1.807, 2.05) is 0 Å². The summed E-state index contributed by atoms with van der Waals surface area (Å²) in [4.78, 5) is 103. The van der Waals surface area contributed by atoms with Gasteiger partial charge in [0.15, 0.2) is 23.1 Å². The molecule has 0 aromatic carbocycles. The van der Waals surface area contributed by atoms with E-state index in [2.05, 4.69) is 47.6 Å². The Morgan fingerprint density at radius 3 is 0.882 bits per heavy atom. The number of hydrogen-bond acceptors (Lipinski definition) is 24. The van der Waals surface area contributed by atoms with Crippen molar-refractivity contribution in [2.75, 3.05) is 132 Å². The molecule has 480 valence electrons. The lowest BCUT2D eigenvalue weighted by Gasteiger charge is -2.43. The van der Waals surface area contributed by atoms with Crippen LogP contribution in [0.1, 0.15) is 81.1 Å². The molecule has 85 heavy (non-hydrogen) atoms. The minimum atomic E-state index is -1.31. The third-order valence-corrected chi connectivity index (χ3v) is 13.3. The zero-order valence-electron chi connectivity index (χ0n) is 50.4. The molecule has 4 rings (SSSR count). The first kappa shape index (κ1) is 71.7. The highest BCUT2D eigenvalue weighted by atomic mass is 16.7. The molecule has 0 aliphatic carbocycles. The van der Waals surface area contributed by atoms with Crippen molar-refractivity contribution in [3.8, 4) is 0 Å². The van der Waals surface area contributed by atoms with Crippen LogP contribution in [0.5, 0.6) is 0 Å². The van der Waals surface area contributed by atoms with Crippen LogP contribution < -0.4 is 21.3 Å². The maximum atomic E-state index is 13.6. The Kier molecular flexibility index (Phi) is 27.2. The van der Waals surface area contributed by atoms with Crippen molar-refractivity contribution in [3.05, 3.63) is 50.6 Å².